The van der Waals surface area contributed by atoms with Crippen molar-refractivity contribution in [2.24, 2.45) is 0 Å². The average Bonchev–Trinajstić information content (AvgIpc) is 2.45. The summed E-state index contributed by atoms with van der Waals surface area (Å²) in [7, 11) is 1.47. The monoisotopic (exact) mass is 264 g/mol. The van der Waals surface area contributed by atoms with E-state index in [-0.39, 0.29) is 11.6 Å². The molecule has 2 rings (SSSR count). The fraction of sp³-hybridized carbons (Fsp3) is 0.467. The molecule has 1 aliphatic heterocycles. The van der Waals surface area contributed by atoms with Crippen LogP contribution < -0.4 is 10.1 Å². The van der Waals surface area contributed by atoms with Gasteiger partial charge in [-0.05, 0) is 24.1 Å². The molecular formula is C15H21FN2O. The van der Waals surface area contributed by atoms with Gasteiger partial charge in [-0.1, -0.05) is 18.2 Å². The number of piperazine rings is 1. The predicted octanol–water partition coefficient (Wildman–Crippen LogP) is 2.14. The SMILES string of the molecule is COc1ccc(/C=C/CCN2CCNCC2)cc1F. The lowest BCUT2D eigenvalue weighted by molar-refractivity contribution is 0.245. The number of nitrogens with zero attached hydrogens (tertiary/aromatic N) is 1. The number of rotatable bonds is 5. The van der Waals surface area contributed by atoms with E-state index < -0.39 is 0 Å². The summed E-state index contributed by atoms with van der Waals surface area (Å²) in [6.45, 7) is 5.45. The minimum absolute atomic E-state index is 0.290. The van der Waals surface area contributed by atoms with Crippen LogP contribution in [0.3, 0.4) is 0 Å². The molecule has 1 aliphatic rings. The second-order valence-electron chi connectivity index (χ2n) is 4.68. The Hall–Kier alpha value is -1.39. The summed E-state index contributed by atoms with van der Waals surface area (Å²) in [6, 6.07) is 5.02. The number of benzene rings is 1. The van der Waals surface area contributed by atoms with Crippen molar-refractivity contribution in [2.75, 3.05) is 39.8 Å². The van der Waals surface area contributed by atoms with Crippen molar-refractivity contribution in [1.82, 2.24) is 10.2 Å². The van der Waals surface area contributed by atoms with Gasteiger partial charge in [0, 0.05) is 32.7 Å². The van der Waals surface area contributed by atoms with Gasteiger partial charge in [-0.2, -0.15) is 0 Å². The quantitative estimate of drug-likeness (QED) is 0.882. The van der Waals surface area contributed by atoms with E-state index in [1.807, 2.05) is 12.1 Å². The standard InChI is InChI=1S/C15H21FN2O/c1-19-15-6-5-13(12-14(15)16)4-2-3-9-18-10-7-17-8-11-18/h2,4-6,12,17H,3,7-11H2,1H3/b4-2+. The lowest BCUT2D eigenvalue weighted by atomic mass is 10.2. The number of nitrogens with one attached hydrogen (secondary N) is 1. The fourth-order valence-electron chi connectivity index (χ4n) is 2.20. The highest BCUT2D eigenvalue weighted by Gasteiger charge is 2.07. The van der Waals surface area contributed by atoms with Gasteiger partial charge < -0.3 is 15.0 Å². The highest BCUT2D eigenvalue weighted by molar-refractivity contribution is 5.51. The van der Waals surface area contributed by atoms with Crippen molar-refractivity contribution in [1.29, 1.82) is 0 Å². The number of hydrogen-bond donors (Lipinski definition) is 1. The molecule has 104 valence electrons. The van der Waals surface area contributed by atoms with Crippen LogP contribution in [0.2, 0.25) is 0 Å². The van der Waals surface area contributed by atoms with Gasteiger partial charge in [-0.3, -0.25) is 0 Å². The molecule has 0 saturated carbocycles. The molecule has 0 amide bonds. The van der Waals surface area contributed by atoms with E-state index in [1.165, 1.54) is 13.2 Å². The van der Waals surface area contributed by atoms with Crippen LogP contribution in [-0.2, 0) is 0 Å². The maximum Gasteiger partial charge on any atom is 0.165 e. The van der Waals surface area contributed by atoms with Crippen molar-refractivity contribution >= 4 is 6.08 Å². The summed E-state index contributed by atoms with van der Waals surface area (Å²) in [4.78, 5) is 2.44. The van der Waals surface area contributed by atoms with Gasteiger partial charge in [0.15, 0.2) is 11.6 Å². The Morgan fingerprint density at radius 1 is 1.37 bits per heavy atom. The third-order valence-corrected chi connectivity index (χ3v) is 3.31. The van der Waals surface area contributed by atoms with Gasteiger partial charge >= 0.3 is 0 Å². The molecule has 0 aliphatic carbocycles. The first-order valence-corrected chi connectivity index (χ1v) is 6.73. The van der Waals surface area contributed by atoms with Crippen molar-refractivity contribution < 1.29 is 9.13 Å². The molecule has 0 radical (unpaired) electrons. The van der Waals surface area contributed by atoms with Gasteiger partial charge in [-0.25, -0.2) is 4.39 Å². The molecule has 0 unspecified atom stereocenters. The summed E-state index contributed by atoms with van der Waals surface area (Å²) < 4.78 is 18.4. The van der Waals surface area contributed by atoms with E-state index in [1.54, 1.807) is 6.07 Å². The molecule has 1 fully saturated rings. The Labute approximate surface area is 114 Å². The Balaban J connectivity index is 1.80. The molecule has 1 N–H and O–H groups in total. The molecular weight excluding hydrogens is 243 g/mol. The van der Waals surface area contributed by atoms with Crippen LogP contribution in [0.1, 0.15) is 12.0 Å². The summed E-state index contributed by atoms with van der Waals surface area (Å²) in [6.07, 6.45) is 5.06. The molecule has 19 heavy (non-hydrogen) atoms. The molecule has 4 heteroatoms. The van der Waals surface area contributed by atoms with Gasteiger partial charge in [0.25, 0.3) is 0 Å². The molecule has 1 heterocycles. The van der Waals surface area contributed by atoms with Gasteiger partial charge in [0.2, 0.25) is 0 Å². The van der Waals surface area contributed by atoms with E-state index in [0.29, 0.717) is 0 Å². The van der Waals surface area contributed by atoms with Crippen LogP contribution in [0, 0.1) is 5.82 Å². The normalized spacial score (nSPS) is 16.9. The first kappa shape index (κ1) is 14.0. The number of hydrogen-bond acceptors (Lipinski definition) is 3. The van der Waals surface area contributed by atoms with Crippen LogP contribution in [0.25, 0.3) is 6.08 Å². The number of halogens is 1. The van der Waals surface area contributed by atoms with Crippen molar-refractivity contribution in [3.05, 3.63) is 35.7 Å². The minimum Gasteiger partial charge on any atom is -0.494 e. The molecule has 1 aromatic carbocycles. The second kappa shape index (κ2) is 7.26. The molecule has 1 aromatic rings. The van der Waals surface area contributed by atoms with Crippen LogP contribution in [0.5, 0.6) is 5.75 Å². The van der Waals surface area contributed by atoms with E-state index in [4.69, 9.17) is 4.74 Å². The summed E-state index contributed by atoms with van der Waals surface area (Å²) in [5, 5.41) is 3.33. The Kier molecular flexibility index (Phi) is 5.36. The highest BCUT2D eigenvalue weighted by Crippen LogP contribution is 2.18. The van der Waals surface area contributed by atoms with Gasteiger partial charge in [0.1, 0.15) is 0 Å². The smallest absolute Gasteiger partial charge is 0.165 e. The lowest BCUT2D eigenvalue weighted by Crippen LogP contribution is -2.43. The Morgan fingerprint density at radius 3 is 2.84 bits per heavy atom. The van der Waals surface area contributed by atoms with Crippen LogP contribution in [0.4, 0.5) is 4.39 Å². The number of methoxy groups -OCH3 is 1. The maximum absolute atomic E-state index is 13.5. The largest absolute Gasteiger partial charge is 0.494 e. The van der Waals surface area contributed by atoms with E-state index in [2.05, 4.69) is 16.3 Å². The molecule has 3 nitrogen and oxygen atoms in total. The highest BCUT2D eigenvalue weighted by atomic mass is 19.1. The van der Waals surface area contributed by atoms with Gasteiger partial charge in [-0.15, -0.1) is 0 Å². The second-order valence-corrected chi connectivity index (χ2v) is 4.68. The zero-order chi connectivity index (χ0) is 13.5. The van der Waals surface area contributed by atoms with E-state index in [0.717, 1.165) is 44.7 Å². The minimum atomic E-state index is -0.313. The van der Waals surface area contributed by atoms with Crippen molar-refractivity contribution in [3.63, 3.8) is 0 Å². The zero-order valence-electron chi connectivity index (χ0n) is 11.4. The van der Waals surface area contributed by atoms with E-state index >= 15 is 0 Å². The molecule has 0 bridgehead atoms. The topological polar surface area (TPSA) is 24.5 Å². The molecule has 0 aromatic heterocycles. The van der Waals surface area contributed by atoms with Crippen LogP contribution >= 0.6 is 0 Å². The summed E-state index contributed by atoms with van der Waals surface area (Å²) in [5.41, 5.74) is 0.874. The van der Waals surface area contributed by atoms with Crippen LogP contribution in [0.15, 0.2) is 24.3 Å². The predicted molar refractivity (Wildman–Crippen MR) is 75.9 cm³/mol. The third-order valence-electron chi connectivity index (χ3n) is 3.31. The summed E-state index contributed by atoms with van der Waals surface area (Å²) >= 11 is 0. The Bertz CT molecular complexity index is 428. The first-order valence-electron chi connectivity index (χ1n) is 6.73. The molecule has 0 spiro atoms. The van der Waals surface area contributed by atoms with Crippen molar-refractivity contribution in [2.45, 2.75) is 6.42 Å². The number of ether oxygens (including phenoxy) is 1. The Morgan fingerprint density at radius 2 is 2.16 bits per heavy atom. The van der Waals surface area contributed by atoms with Gasteiger partial charge in [0.05, 0.1) is 7.11 Å². The molecule has 0 atom stereocenters. The lowest BCUT2D eigenvalue weighted by Gasteiger charge is -2.26. The molecule has 1 saturated heterocycles. The van der Waals surface area contributed by atoms with E-state index in [9.17, 15) is 4.39 Å². The van der Waals surface area contributed by atoms with Crippen LogP contribution in [-0.4, -0.2) is 44.7 Å². The van der Waals surface area contributed by atoms with Crippen molar-refractivity contribution in [3.8, 4) is 5.75 Å². The first-order chi connectivity index (χ1) is 9.29. The maximum atomic E-state index is 13.5. The third kappa shape index (κ3) is 4.33. The average molecular weight is 264 g/mol. The summed E-state index contributed by atoms with van der Waals surface area (Å²) in [5.74, 6) is -0.0234. The fourth-order valence-corrected chi connectivity index (χ4v) is 2.20. The zero-order valence-corrected chi connectivity index (χ0v) is 11.4.